The van der Waals surface area contributed by atoms with Gasteiger partial charge in [0, 0.05) is 5.69 Å². The van der Waals surface area contributed by atoms with Crippen LogP contribution < -0.4 is 9.88 Å². The van der Waals surface area contributed by atoms with Crippen molar-refractivity contribution in [2.24, 2.45) is 0 Å². The third kappa shape index (κ3) is 6.04. The standard InChI is InChI=1S/C37H49N3/c1-24(2)30-14-12-15-31(25(3)4)35(30)39-22-34(38-29-20-18-28(19-21-29)37(9,10)11)40(23-39)36-32(26(5)6)16-13-17-33(36)27(7)8/h12-22,24-27,38H,1-11H3. The van der Waals surface area contributed by atoms with Gasteiger partial charge in [-0.05, 0) is 69.0 Å². The predicted octanol–water partition coefficient (Wildman–Crippen LogP) is 10.1. The zero-order valence-corrected chi connectivity index (χ0v) is 26.6. The minimum atomic E-state index is 0.117. The van der Waals surface area contributed by atoms with Crippen molar-refractivity contribution in [3.8, 4) is 11.4 Å². The SMILES string of the molecule is CC(C)c1cccc(C(C)C)c1-n1[c-][n+](-c2c(C(C)C)cccc2C(C)C)cc1Nc1ccc(C(C)(C)C)cc1. The van der Waals surface area contributed by atoms with Crippen molar-refractivity contribution in [1.29, 1.82) is 0 Å². The van der Waals surface area contributed by atoms with Gasteiger partial charge in [-0.2, -0.15) is 0 Å². The van der Waals surface area contributed by atoms with E-state index in [-0.39, 0.29) is 5.41 Å². The third-order valence-corrected chi connectivity index (χ3v) is 7.87. The van der Waals surface area contributed by atoms with Gasteiger partial charge >= 0.3 is 0 Å². The molecule has 0 unspecified atom stereocenters. The molecule has 0 bridgehead atoms. The lowest BCUT2D eigenvalue weighted by atomic mass is 9.87. The summed E-state index contributed by atoms with van der Waals surface area (Å²) in [6.07, 6.45) is 6.05. The Morgan fingerprint density at radius 1 is 0.650 bits per heavy atom. The second kappa shape index (κ2) is 11.6. The van der Waals surface area contributed by atoms with E-state index < -0.39 is 0 Å². The summed E-state index contributed by atoms with van der Waals surface area (Å²) in [6, 6.07) is 22.3. The van der Waals surface area contributed by atoms with Crippen LogP contribution in [0.2, 0.25) is 0 Å². The van der Waals surface area contributed by atoms with E-state index in [4.69, 9.17) is 0 Å². The molecule has 0 spiro atoms. The van der Waals surface area contributed by atoms with Crippen LogP contribution in [0.5, 0.6) is 0 Å². The number of anilines is 2. The molecule has 40 heavy (non-hydrogen) atoms. The number of aromatic nitrogens is 2. The first-order chi connectivity index (χ1) is 18.8. The Bertz CT molecular complexity index is 1390. The Labute approximate surface area is 243 Å². The van der Waals surface area contributed by atoms with Crippen molar-refractivity contribution in [1.82, 2.24) is 4.57 Å². The van der Waals surface area contributed by atoms with E-state index in [1.165, 1.54) is 39.2 Å². The number of hydrogen-bond acceptors (Lipinski definition) is 1. The quantitative estimate of drug-likeness (QED) is 0.176. The van der Waals surface area contributed by atoms with E-state index in [0.717, 1.165) is 11.5 Å². The summed E-state index contributed by atoms with van der Waals surface area (Å²) in [6.45, 7) is 25.0. The molecule has 4 rings (SSSR count). The molecule has 1 heterocycles. The fourth-order valence-electron chi connectivity index (χ4n) is 5.50. The number of benzene rings is 3. The van der Waals surface area contributed by atoms with E-state index in [1.807, 2.05) is 0 Å². The summed E-state index contributed by atoms with van der Waals surface area (Å²) in [7, 11) is 0. The Balaban J connectivity index is 2.00. The molecule has 0 atom stereocenters. The summed E-state index contributed by atoms with van der Waals surface area (Å²) in [5.74, 6) is 2.56. The highest BCUT2D eigenvalue weighted by molar-refractivity contribution is 5.62. The van der Waals surface area contributed by atoms with E-state index >= 15 is 0 Å². The second-order valence-corrected chi connectivity index (χ2v) is 13.5. The van der Waals surface area contributed by atoms with E-state index in [1.54, 1.807) is 0 Å². The predicted molar refractivity (Wildman–Crippen MR) is 171 cm³/mol. The van der Waals surface area contributed by atoms with Gasteiger partial charge in [0.25, 0.3) is 6.33 Å². The van der Waals surface area contributed by atoms with Crippen molar-refractivity contribution in [3.63, 3.8) is 0 Å². The lowest BCUT2D eigenvalue weighted by Gasteiger charge is -2.22. The molecule has 0 aliphatic rings. The Kier molecular flexibility index (Phi) is 8.63. The Hall–Kier alpha value is -3.33. The van der Waals surface area contributed by atoms with Crippen LogP contribution in [0.1, 0.15) is 128 Å². The third-order valence-electron chi connectivity index (χ3n) is 7.87. The van der Waals surface area contributed by atoms with Crippen molar-refractivity contribution in [2.75, 3.05) is 5.32 Å². The van der Waals surface area contributed by atoms with Crippen LogP contribution >= 0.6 is 0 Å². The van der Waals surface area contributed by atoms with Crippen molar-refractivity contribution >= 4 is 11.5 Å². The van der Waals surface area contributed by atoms with Gasteiger partial charge in [0.05, 0.1) is 17.6 Å². The van der Waals surface area contributed by atoms with E-state index in [0.29, 0.717) is 23.7 Å². The number of rotatable bonds is 8. The fraction of sp³-hybridized carbons (Fsp3) is 0.432. The Morgan fingerprint density at radius 2 is 1.10 bits per heavy atom. The lowest BCUT2D eigenvalue weighted by molar-refractivity contribution is -0.600. The van der Waals surface area contributed by atoms with Crippen molar-refractivity contribution in [2.45, 2.75) is 105 Å². The molecular formula is C37H49N3. The summed E-state index contributed by atoms with van der Waals surface area (Å²) in [5, 5.41) is 3.78. The largest absolute Gasteiger partial charge is 0.358 e. The average Bonchev–Trinajstić information content (AvgIpc) is 3.30. The monoisotopic (exact) mass is 535 g/mol. The molecule has 0 saturated carbocycles. The van der Waals surface area contributed by atoms with Gasteiger partial charge < -0.3 is 5.32 Å². The molecule has 3 aromatic carbocycles. The molecule has 0 fully saturated rings. The molecule has 3 heteroatoms. The maximum atomic E-state index is 3.82. The first-order valence-corrected chi connectivity index (χ1v) is 15.0. The van der Waals surface area contributed by atoms with Gasteiger partial charge in [-0.15, -0.1) is 0 Å². The molecule has 4 aromatic rings. The van der Waals surface area contributed by atoms with Crippen LogP contribution in [0.3, 0.4) is 0 Å². The molecule has 0 aliphatic carbocycles. The second-order valence-electron chi connectivity index (χ2n) is 13.5. The highest BCUT2D eigenvalue weighted by Crippen LogP contribution is 2.35. The Morgan fingerprint density at radius 3 is 1.52 bits per heavy atom. The normalized spacial score (nSPS) is 12.3. The highest BCUT2D eigenvalue weighted by atomic mass is 15.2. The summed E-state index contributed by atoms with van der Waals surface area (Å²) >= 11 is 0. The molecule has 1 N–H and O–H groups in total. The van der Waals surface area contributed by atoms with Crippen molar-refractivity contribution < 1.29 is 4.57 Å². The zero-order chi connectivity index (χ0) is 29.4. The molecular weight excluding hydrogens is 486 g/mol. The van der Waals surface area contributed by atoms with Crippen LogP contribution in [0, 0.1) is 6.33 Å². The number of para-hydroxylation sites is 2. The van der Waals surface area contributed by atoms with E-state index in [9.17, 15) is 0 Å². The minimum absolute atomic E-state index is 0.117. The molecule has 0 aliphatic heterocycles. The number of nitrogens with one attached hydrogen (secondary N) is 1. The maximum absolute atomic E-state index is 3.82. The summed E-state index contributed by atoms with van der Waals surface area (Å²) in [5.41, 5.74) is 10.3. The number of imidazole rings is 1. The van der Waals surface area contributed by atoms with Gasteiger partial charge in [0.2, 0.25) is 0 Å². The fourth-order valence-corrected chi connectivity index (χ4v) is 5.50. The van der Waals surface area contributed by atoms with Crippen LogP contribution in [0.15, 0.2) is 66.9 Å². The van der Waals surface area contributed by atoms with Gasteiger partial charge in [-0.1, -0.05) is 125 Å². The van der Waals surface area contributed by atoms with Gasteiger partial charge in [-0.3, -0.25) is 9.13 Å². The van der Waals surface area contributed by atoms with Crippen LogP contribution in [-0.2, 0) is 5.41 Å². The molecule has 1 aromatic heterocycles. The topological polar surface area (TPSA) is 20.8 Å². The maximum Gasteiger partial charge on any atom is 0.270 e. The molecule has 3 nitrogen and oxygen atoms in total. The van der Waals surface area contributed by atoms with Gasteiger partial charge in [0.1, 0.15) is 5.82 Å². The van der Waals surface area contributed by atoms with E-state index in [2.05, 4.69) is 164 Å². The van der Waals surface area contributed by atoms with Crippen LogP contribution in [0.25, 0.3) is 11.4 Å². The lowest BCUT2D eigenvalue weighted by Crippen LogP contribution is -2.32. The average molecular weight is 536 g/mol. The van der Waals surface area contributed by atoms with Crippen LogP contribution in [0.4, 0.5) is 11.5 Å². The number of nitrogens with zero attached hydrogens (tertiary/aromatic N) is 2. The number of hydrogen-bond donors (Lipinski definition) is 1. The summed E-state index contributed by atoms with van der Waals surface area (Å²) < 4.78 is 4.50. The first kappa shape index (κ1) is 29.6. The highest BCUT2D eigenvalue weighted by Gasteiger charge is 2.23. The first-order valence-electron chi connectivity index (χ1n) is 15.0. The van der Waals surface area contributed by atoms with Crippen molar-refractivity contribution in [3.05, 3.63) is 101 Å². The summed E-state index contributed by atoms with van der Waals surface area (Å²) in [4.78, 5) is 0. The minimum Gasteiger partial charge on any atom is -0.358 e. The van der Waals surface area contributed by atoms with Crippen LogP contribution in [-0.4, -0.2) is 4.57 Å². The molecule has 212 valence electrons. The zero-order valence-electron chi connectivity index (χ0n) is 26.6. The molecule has 0 amide bonds. The molecule has 0 radical (unpaired) electrons. The smallest absolute Gasteiger partial charge is 0.270 e. The van der Waals surface area contributed by atoms with Gasteiger partial charge in [-0.25, -0.2) is 0 Å². The molecule has 0 saturated heterocycles. The van der Waals surface area contributed by atoms with Gasteiger partial charge in [0.15, 0.2) is 0 Å².